The topological polar surface area (TPSA) is 21.7 Å². The summed E-state index contributed by atoms with van der Waals surface area (Å²) in [6.07, 6.45) is 15.0. The molecule has 6 atom stereocenters. The predicted molar refractivity (Wildman–Crippen MR) is 153 cm³/mol. The van der Waals surface area contributed by atoms with Gasteiger partial charge in [-0.3, -0.25) is 0 Å². The summed E-state index contributed by atoms with van der Waals surface area (Å²) in [6, 6.07) is 16.7. The van der Waals surface area contributed by atoms with Crippen molar-refractivity contribution in [3.63, 3.8) is 0 Å². The number of ether oxygens (including phenoxy) is 2. The molecule has 4 fully saturated rings. The maximum Gasteiger partial charge on any atom is 0.0974 e. The molecule has 8 rings (SSSR count). The summed E-state index contributed by atoms with van der Waals surface area (Å²) >= 11 is 0. The highest BCUT2D eigenvalue weighted by molar-refractivity contribution is 5.83. The van der Waals surface area contributed by atoms with E-state index in [4.69, 9.17) is 9.47 Å². The van der Waals surface area contributed by atoms with Crippen LogP contribution in [-0.2, 0) is 9.47 Å². The summed E-state index contributed by atoms with van der Waals surface area (Å²) in [5.74, 6) is 1.21. The monoisotopic (exact) mass is 509 g/mol. The standard InChI is InChI=1S/C35H43NO2/c1-32(22-37-23-32)21-36(3)29-11-10-27-19-28-14-15-33(2)30(26-9-8-24-6-4-5-7-25(24)18-26)12-13-31(33)35(28)17-16-34(27,20-29)38-35/h4-9,14,18-19,29-31H,10-13,15-17,20-23H2,1-3H3/t29-,30-,31-,33-,34?,35-/m1/s1. The number of nitrogens with zero attached hydrogens (tertiary/aromatic N) is 1. The molecule has 0 radical (unpaired) electrons. The first-order chi connectivity index (χ1) is 18.3. The molecule has 3 heteroatoms. The van der Waals surface area contributed by atoms with Crippen molar-refractivity contribution in [2.24, 2.45) is 16.7 Å². The van der Waals surface area contributed by atoms with Crippen LogP contribution in [0.25, 0.3) is 10.8 Å². The van der Waals surface area contributed by atoms with Crippen molar-refractivity contribution >= 4 is 10.8 Å². The largest absolute Gasteiger partial charge is 0.380 e. The molecule has 1 unspecified atom stereocenters. The lowest BCUT2D eigenvalue weighted by atomic mass is 9.58. The minimum atomic E-state index is -0.0731. The molecule has 2 bridgehead atoms. The zero-order valence-corrected chi connectivity index (χ0v) is 23.5. The summed E-state index contributed by atoms with van der Waals surface area (Å²) in [5.41, 5.74) is 5.15. The third kappa shape index (κ3) is 3.25. The number of fused-ring (bicyclic) bond motifs is 2. The Morgan fingerprint density at radius 1 is 0.974 bits per heavy atom. The number of benzene rings is 2. The molecule has 2 aromatic rings. The van der Waals surface area contributed by atoms with Crippen LogP contribution in [-0.4, -0.2) is 49.0 Å². The highest BCUT2D eigenvalue weighted by Gasteiger charge is 2.66. The minimum absolute atomic E-state index is 0.0369. The lowest BCUT2D eigenvalue weighted by molar-refractivity contribution is -0.147. The van der Waals surface area contributed by atoms with Gasteiger partial charge in [-0.25, -0.2) is 0 Å². The maximum absolute atomic E-state index is 7.58. The highest BCUT2D eigenvalue weighted by Crippen LogP contribution is 2.69. The van der Waals surface area contributed by atoms with Gasteiger partial charge in [0, 0.05) is 18.0 Å². The van der Waals surface area contributed by atoms with Crippen LogP contribution in [0.1, 0.15) is 76.7 Å². The molecule has 200 valence electrons. The summed E-state index contributed by atoms with van der Waals surface area (Å²) in [7, 11) is 2.35. The van der Waals surface area contributed by atoms with E-state index in [0.29, 0.717) is 23.3 Å². The molecule has 3 aliphatic carbocycles. The Morgan fingerprint density at radius 2 is 1.82 bits per heavy atom. The van der Waals surface area contributed by atoms with E-state index >= 15 is 0 Å². The number of hydrogen-bond acceptors (Lipinski definition) is 3. The molecule has 3 nitrogen and oxygen atoms in total. The Kier molecular flexibility index (Phi) is 5.07. The fourth-order valence-corrected chi connectivity index (χ4v) is 10.0. The molecule has 0 aromatic heterocycles. The van der Waals surface area contributed by atoms with Crippen molar-refractivity contribution in [1.29, 1.82) is 0 Å². The van der Waals surface area contributed by atoms with Crippen LogP contribution in [0.15, 0.2) is 65.8 Å². The van der Waals surface area contributed by atoms with Crippen LogP contribution in [0.5, 0.6) is 0 Å². The van der Waals surface area contributed by atoms with Gasteiger partial charge in [-0.05, 0) is 103 Å². The molecule has 2 spiro atoms. The SMILES string of the molecule is CN(CC1(C)COC1)[C@@H]1CCC2=CC3=CC[C@]4(C)[C@@H](c5ccc6ccccc6c5)CC[C@H]4[C@@]34CCC2(C1)O4. The van der Waals surface area contributed by atoms with Crippen molar-refractivity contribution in [1.82, 2.24) is 4.90 Å². The fraction of sp³-hybridized carbons (Fsp3) is 0.600. The number of allylic oxidation sites excluding steroid dienone is 1. The molecule has 0 amide bonds. The van der Waals surface area contributed by atoms with Gasteiger partial charge in [-0.2, -0.15) is 0 Å². The second kappa shape index (κ2) is 8.05. The van der Waals surface area contributed by atoms with Crippen molar-refractivity contribution in [2.45, 2.75) is 88.4 Å². The molecule has 2 saturated carbocycles. The average molecular weight is 510 g/mol. The smallest absolute Gasteiger partial charge is 0.0974 e. The molecule has 0 N–H and O–H groups in total. The average Bonchev–Trinajstić information content (AvgIpc) is 3.42. The first-order valence-electron chi connectivity index (χ1n) is 15.2. The van der Waals surface area contributed by atoms with Crippen LogP contribution >= 0.6 is 0 Å². The van der Waals surface area contributed by atoms with Crippen molar-refractivity contribution in [3.8, 4) is 0 Å². The van der Waals surface area contributed by atoms with Gasteiger partial charge >= 0.3 is 0 Å². The molecule has 6 aliphatic rings. The van der Waals surface area contributed by atoms with Crippen LogP contribution in [0.3, 0.4) is 0 Å². The third-order valence-corrected chi connectivity index (χ3v) is 12.0. The quantitative estimate of drug-likeness (QED) is 0.428. The van der Waals surface area contributed by atoms with Gasteiger partial charge in [-0.15, -0.1) is 0 Å². The molecule has 38 heavy (non-hydrogen) atoms. The lowest BCUT2D eigenvalue weighted by Crippen LogP contribution is -2.56. The van der Waals surface area contributed by atoms with Gasteiger partial charge in [0.25, 0.3) is 0 Å². The first-order valence-corrected chi connectivity index (χ1v) is 15.2. The van der Waals surface area contributed by atoms with E-state index in [0.717, 1.165) is 19.8 Å². The minimum Gasteiger partial charge on any atom is -0.380 e. The highest BCUT2D eigenvalue weighted by atomic mass is 16.5. The molecular formula is C35H43NO2. The van der Waals surface area contributed by atoms with Crippen molar-refractivity contribution in [3.05, 3.63) is 71.3 Å². The second-order valence-corrected chi connectivity index (χ2v) is 14.4. The number of rotatable bonds is 4. The second-order valence-electron chi connectivity index (χ2n) is 14.4. The zero-order chi connectivity index (χ0) is 25.8. The van der Waals surface area contributed by atoms with Gasteiger partial charge in [0.1, 0.15) is 0 Å². The molecular weight excluding hydrogens is 466 g/mol. The van der Waals surface area contributed by atoms with Gasteiger partial charge in [-0.1, -0.05) is 68.5 Å². The Balaban J connectivity index is 1.10. The van der Waals surface area contributed by atoms with Crippen LogP contribution < -0.4 is 0 Å². The Hall–Kier alpha value is -1.94. The summed E-state index contributed by atoms with van der Waals surface area (Å²) < 4.78 is 13.1. The predicted octanol–water partition coefficient (Wildman–Crippen LogP) is 7.42. The van der Waals surface area contributed by atoms with Gasteiger partial charge in [0.2, 0.25) is 0 Å². The van der Waals surface area contributed by atoms with E-state index in [1.807, 2.05) is 0 Å². The molecule has 2 saturated heterocycles. The summed E-state index contributed by atoms with van der Waals surface area (Å²) in [6.45, 7) is 7.93. The zero-order valence-electron chi connectivity index (χ0n) is 23.5. The number of hydrogen-bond donors (Lipinski definition) is 0. The summed E-state index contributed by atoms with van der Waals surface area (Å²) in [5, 5.41) is 2.73. The van der Waals surface area contributed by atoms with Gasteiger partial charge in [0.15, 0.2) is 0 Å². The Labute approximate surface area is 228 Å². The molecule has 2 aromatic carbocycles. The van der Waals surface area contributed by atoms with E-state index in [2.05, 4.69) is 80.4 Å². The fourth-order valence-electron chi connectivity index (χ4n) is 10.0. The Bertz CT molecular complexity index is 1350. The van der Waals surface area contributed by atoms with E-state index < -0.39 is 0 Å². The lowest BCUT2D eigenvalue weighted by Gasteiger charge is -2.55. The van der Waals surface area contributed by atoms with E-state index in [1.54, 1.807) is 5.57 Å². The van der Waals surface area contributed by atoms with Gasteiger partial charge in [0.05, 0.1) is 24.4 Å². The van der Waals surface area contributed by atoms with Crippen LogP contribution in [0, 0.1) is 16.7 Å². The van der Waals surface area contributed by atoms with Crippen LogP contribution in [0.2, 0.25) is 0 Å². The maximum atomic E-state index is 7.58. The first kappa shape index (κ1) is 23.9. The summed E-state index contributed by atoms with van der Waals surface area (Å²) in [4.78, 5) is 2.64. The third-order valence-electron chi connectivity index (χ3n) is 12.0. The Morgan fingerprint density at radius 3 is 2.63 bits per heavy atom. The van der Waals surface area contributed by atoms with Gasteiger partial charge < -0.3 is 14.4 Å². The van der Waals surface area contributed by atoms with E-state index in [1.165, 1.54) is 73.3 Å². The van der Waals surface area contributed by atoms with E-state index in [9.17, 15) is 0 Å². The van der Waals surface area contributed by atoms with Crippen molar-refractivity contribution < 1.29 is 9.47 Å². The molecule has 3 heterocycles. The van der Waals surface area contributed by atoms with Crippen LogP contribution in [0.4, 0.5) is 0 Å². The van der Waals surface area contributed by atoms with Crippen molar-refractivity contribution in [2.75, 3.05) is 26.8 Å². The molecule has 3 aliphatic heterocycles. The normalized spacial score (nSPS) is 40.7. The van der Waals surface area contributed by atoms with E-state index in [-0.39, 0.29) is 16.6 Å².